The first-order chi connectivity index (χ1) is 6.00. The highest BCUT2D eigenvalue weighted by Gasteiger charge is 2.12. The zero-order valence-corrected chi connectivity index (χ0v) is 7.54. The van der Waals surface area contributed by atoms with Crippen molar-refractivity contribution >= 4 is 23.2 Å². The van der Waals surface area contributed by atoms with Gasteiger partial charge in [0.05, 0.1) is 10.0 Å². The molecule has 0 aliphatic rings. The zero-order valence-electron chi connectivity index (χ0n) is 6.03. The monoisotopic (exact) mass is 230 g/mol. The number of halogens is 5. The van der Waals surface area contributed by atoms with Gasteiger partial charge in [0.2, 0.25) is 0 Å². The molecule has 0 atom stereocenters. The van der Waals surface area contributed by atoms with Crippen LogP contribution in [-0.4, -0.2) is 6.61 Å². The first kappa shape index (κ1) is 10.5. The van der Waals surface area contributed by atoms with Crippen molar-refractivity contribution < 1.29 is 17.9 Å². The van der Waals surface area contributed by atoms with Crippen LogP contribution < -0.4 is 4.74 Å². The van der Waals surface area contributed by atoms with Gasteiger partial charge >= 0.3 is 6.61 Å². The van der Waals surface area contributed by atoms with Gasteiger partial charge in [-0.15, -0.1) is 0 Å². The van der Waals surface area contributed by atoms with Gasteiger partial charge in [0.1, 0.15) is 0 Å². The lowest BCUT2D eigenvalue weighted by molar-refractivity contribution is -0.0521. The van der Waals surface area contributed by atoms with Gasteiger partial charge < -0.3 is 4.74 Å². The molecule has 1 nitrogen and oxygen atoms in total. The predicted octanol–water partition coefficient (Wildman–Crippen LogP) is 3.73. The number of ether oxygens (including phenoxy) is 1. The minimum atomic E-state index is -3.09. The van der Waals surface area contributed by atoms with Gasteiger partial charge in [0.25, 0.3) is 0 Å². The fourth-order valence-corrected chi connectivity index (χ4v) is 0.995. The van der Waals surface area contributed by atoms with Gasteiger partial charge in [0.15, 0.2) is 11.6 Å². The van der Waals surface area contributed by atoms with E-state index in [-0.39, 0.29) is 10.0 Å². The Kier molecular flexibility index (Phi) is 3.27. The molecule has 0 radical (unpaired) electrons. The second kappa shape index (κ2) is 4.07. The minimum Gasteiger partial charge on any atom is -0.432 e. The van der Waals surface area contributed by atoms with Crippen LogP contribution in [0.5, 0.6) is 5.75 Å². The molecule has 0 fully saturated rings. The maximum atomic E-state index is 12.8. The summed E-state index contributed by atoms with van der Waals surface area (Å²) in [5.74, 6) is -1.60. The molecule has 13 heavy (non-hydrogen) atoms. The molecule has 72 valence electrons. The van der Waals surface area contributed by atoms with Crippen LogP contribution >= 0.6 is 23.2 Å². The molecular formula is C7H3Cl2F3O. The molecule has 0 saturated carbocycles. The Morgan fingerprint density at radius 2 is 1.69 bits per heavy atom. The number of rotatable bonds is 2. The highest BCUT2D eigenvalue weighted by Crippen LogP contribution is 2.30. The normalized spacial score (nSPS) is 10.6. The Morgan fingerprint density at radius 3 is 2.23 bits per heavy atom. The van der Waals surface area contributed by atoms with E-state index in [1.54, 1.807) is 0 Å². The average molecular weight is 231 g/mol. The predicted molar refractivity (Wildman–Crippen MR) is 43.1 cm³/mol. The van der Waals surface area contributed by atoms with E-state index in [1.807, 2.05) is 0 Å². The average Bonchev–Trinajstić information content (AvgIpc) is 1.99. The molecule has 6 heteroatoms. The van der Waals surface area contributed by atoms with Crippen LogP contribution in [0.4, 0.5) is 13.2 Å². The Bertz CT molecular complexity index is 317. The molecule has 0 amide bonds. The van der Waals surface area contributed by atoms with Crippen LogP contribution in [0.1, 0.15) is 0 Å². The van der Waals surface area contributed by atoms with Crippen LogP contribution in [0, 0.1) is 5.82 Å². The van der Waals surface area contributed by atoms with E-state index in [2.05, 4.69) is 4.74 Å². The Labute approximate surface area is 82.0 Å². The van der Waals surface area contributed by atoms with E-state index in [1.165, 1.54) is 0 Å². The maximum Gasteiger partial charge on any atom is 0.387 e. The van der Waals surface area contributed by atoms with E-state index in [9.17, 15) is 13.2 Å². The summed E-state index contributed by atoms with van der Waals surface area (Å²) in [7, 11) is 0. The second-order valence-corrected chi connectivity index (χ2v) is 2.89. The molecule has 0 aliphatic heterocycles. The Balaban J connectivity index is 3.01. The van der Waals surface area contributed by atoms with Crippen molar-refractivity contribution in [3.05, 3.63) is 28.0 Å². The van der Waals surface area contributed by atoms with E-state index in [4.69, 9.17) is 23.2 Å². The molecule has 0 N–H and O–H groups in total. The van der Waals surface area contributed by atoms with Crippen LogP contribution in [0.15, 0.2) is 12.1 Å². The van der Waals surface area contributed by atoms with Crippen LogP contribution in [0.25, 0.3) is 0 Å². The molecule has 0 heterocycles. The third kappa shape index (κ3) is 2.67. The van der Waals surface area contributed by atoms with Crippen LogP contribution in [-0.2, 0) is 0 Å². The zero-order chi connectivity index (χ0) is 10.0. The van der Waals surface area contributed by atoms with Crippen molar-refractivity contribution in [1.29, 1.82) is 0 Å². The van der Waals surface area contributed by atoms with E-state index < -0.39 is 18.2 Å². The van der Waals surface area contributed by atoms with Gasteiger partial charge in [-0.25, -0.2) is 4.39 Å². The van der Waals surface area contributed by atoms with Gasteiger partial charge in [0, 0.05) is 6.07 Å². The van der Waals surface area contributed by atoms with Crippen molar-refractivity contribution in [2.24, 2.45) is 0 Å². The molecule has 0 bridgehead atoms. The summed E-state index contributed by atoms with van der Waals surface area (Å²) in [6, 6.07) is 1.70. The number of hydrogen-bond acceptors (Lipinski definition) is 1. The molecule has 0 saturated heterocycles. The summed E-state index contributed by atoms with van der Waals surface area (Å²) >= 11 is 10.9. The van der Waals surface area contributed by atoms with Crippen LogP contribution in [0.2, 0.25) is 10.0 Å². The SMILES string of the molecule is Fc1cc(Cl)c(Cl)cc1OC(F)F. The van der Waals surface area contributed by atoms with E-state index in [0.29, 0.717) is 0 Å². The van der Waals surface area contributed by atoms with Crippen molar-refractivity contribution in [1.82, 2.24) is 0 Å². The van der Waals surface area contributed by atoms with Gasteiger partial charge in [-0.1, -0.05) is 23.2 Å². The summed E-state index contributed by atoms with van der Waals surface area (Å²) in [4.78, 5) is 0. The fraction of sp³-hybridized carbons (Fsp3) is 0.143. The first-order valence-electron chi connectivity index (χ1n) is 3.10. The summed E-state index contributed by atoms with van der Waals surface area (Å²) in [6.07, 6.45) is 0. The quantitative estimate of drug-likeness (QED) is 0.704. The van der Waals surface area contributed by atoms with E-state index in [0.717, 1.165) is 12.1 Å². The number of hydrogen-bond donors (Lipinski definition) is 0. The third-order valence-corrected chi connectivity index (χ3v) is 1.91. The molecule has 1 aromatic rings. The number of alkyl halides is 2. The molecule has 0 unspecified atom stereocenters. The highest BCUT2D eigenvalue weighted by atomic mass is 35.5. The van der Waals surface area contributed by atoms with Crippen molar-refractivity contribution in [3.8, 4) is 5.75 Å². The highest BCUT2D eigenvalue weighted by molar-refractivity contribution is 6.42. The second-order valence-electron chi connectivity index (χ2n) is 2.08. The van der Waals surface area contributed by atoms with Gasteiger partial charge in [-0.2, -0.15) is 8.78 Å². The Morgan fingerprint density at radius 1 is 1.15 bits per heavy atom. The molecule has 0 aromatic heterocycles. The van der Waals surface area contributed by atoms with Crippen molar-refractivity contribution in [2.75, 3.05) is 0 Å². The summed E-state index contributed by atoms with van der Waals surface area (Å²) in [6.45, 7) is -3.09. The smallest absolute Gasteiger partial charge is 0.387 e. The maximum absolute atomic E-state index is 12.8. The molecular weight excluding hydrogens is 228 g/mol. The van der Waals surface area contributed by atoms with E-state index >= 15 is 0 Å². The number of benzene rings is 1. The van der Waals surface area contributed by atoms with Crippen molar-refractivity contribution in [2.45, 2.75) is 6.61 Å². The molecule has 0 spiro atoms. The lowest BCUT2D eigenvalue weighted by Crippen LogP contribution is -2.03. The summed E-state index contributed by atoms with van der Waals surface area (Å²) in [5, 5.41) is -0.0977. The lowest BCUT2D eigenvalue weighted by atomic mass is 10.3. The Hall–Kier alpha value is -0.610. The molecule has 1 rings (SSSR count). The summed E-state index contributed by atoms with van der Waals surface area (Å²) < 4.78 is 40.0. The molecule has 1 aromatic carbocycles. The largest absolute Gasteiger partial charge is 0.432 e. The van der Waals surface area contributed by atoms with Crippen LogP contribution in [0.3, 0.4) is 0 Å². The fourth-order valence-electron chi connectivity index (χ4n) is 0.691. The first-order valence-corrected chi connectivity index (χ1v) is 3.85. The van der Waals surface area contributed by atoms with Gasteiger partial charge in [-0.05, 0) is 6.07 Å². The van der Waals surface area contributed by atoms with Gasteiger partial charge in [-0.3, -0.25) is 0 Å². The van der Waals surface area contributed by atoms with Crippen molar-refractivity contribution in [3.63, 3.8) is 0 Å². The third-order valence-electron chi connectivity index (χ3n) is 1.19. The standard InChI is InChI=1S/C7H3Cl2F3O/c8-3-1-5(10)6(2-4(3)9)13-7(11)12/h1-2,7H. The lowest BCUT2D eigenvalue weighted by Gasteiger charge is -2.06. The minimum absolute atomic E-state index is 0.0429. The molecule has 0 aliphatic carbocycles. The topological polar surface area (TPSA) is 9.23 Å². The summed E-state index contributed by atoms with van der Waals surface area (Å²) in [5.41, 5.74) is 0.